The summed E-state index contributed by atoms with van der Waals surface area (Å²) in [5, 5.41) is 12.1. The van der Waals surface area contributed by atoms with Crippen molar-refractivity contribution < 1.29 is 28.7 Å². The molecule has 198 valence electrons. The maximum Gasteiger partial charge on any atom is 0.692 e. The number of aliphatic hydroxyl groups is 1. The van der Waals surface area contributed by atoms with Gasteiger partial charge in [-0.15, -0.1) is 9.79 Å². The molecule has 0 aliphatic rings. The number of hydrogen-bond donors (Lipinski definition) is 4. The Balaban J connectivity index is 0. The van der Waals surface area contributed by atoms with E-state index in [9.17, 15) is 4.79 Å². The number of quaternary nitrogens is 1. The first-order valence-electron chi connectivity index (χ1n) is 13.3. The van der Waals surface area contributed by atoms with Gasteiger partial charge in [0.05, 0.1) is 27.2 Å². The zero-order chi connectivity index (χ0) is 25.2. The highest BCUT2D eigenvalue weighted by atomic mass is 31.1. The van der Waals surface area contributed by atoms with E-state index in [0.29, 0.717) is 6.42 Å². The van der Waals surface area contributed by atoms with Crippen molar-refractivity contribution in [2.45, 2.75) is 116 Å². The number of rotatable bonds is 22. The van der Waals surface area contributed by atoms with Gasteiger partial charge in [-0.3, -0.25) is 4.79 Å². The first-order valence-corrected chi connectivity index (χ1v) is 14.5. The number of unbranched alkanes of at least 4 members (excludes halogenated alkanes) is 14. The fourth-order valence-electron chi connectivity index (χ4n) is 3.86. The van der Waals surface area contributed by atoms with E-state index in [0.717, 1.165) is 37.0 Å². The normalized spacial score (nSPS) is 11.1. The Kier molecular flexibility index (Phi) is 27.3. The molecule has 0 aromatic heterocycles. The van der Waals surface area contributed by atoms with Crippen LogP contribution in [0.4, 0.5) is 0 Å². The van der Waals surface area contributed by atoms with Crippen LogP contribution in [0.3, 0.4) is 0 Å². The van der Waals surface area contributed by atoms with Crippen molar-refractivity contribution in [2.24, 2.45) is 0 Å². The van der Waals surface area contributed by atoms with Gasteiger partial charge in [0.2, 0.25) is 5.91 Å². The van der Waals surface area contributed by atoms with E-state index >= 15 is 0 Å². The van der Waals surface area contributed by atoms with Crippen molar-refractivity contribution >= 4 is 14.2 Å². The van der Waals surface area contributed by atoms with Crippen molar-refractivity contribution in [3.05, 3.63) is 0 Å². The lowest BCUT2D eigenvalue weighted by Gasteiger charge is -2.28. The van der Waals surface area contributed by atoms with Crippen molar-refractivity contribution in [1.82, 2.24) is 5.32 Å². The zero-order valence-electron chi connectivity index (χ0n) is 21.9. The lowest BCUT2D eigenvalue weighted by molar-refractivity contribution is -0.890. The average Bonchev–Trinajstić information content (AvgIpc) is 2.73. The number of aliphatic hydroxyl groups excluding tert-OH is 1. The van der Waals surface area contributed by atoms with Crippen LogP contribution in [0.5, 0.6) is 0 Å². The fourth-order valence-corrected chi connectivity index (χ4v) is 3.86. The van der Waals surface area contributed by atoms with Crippen LogP contribution in [-0.2, 0) is 9.36 Å². The van der Waals surface area contributed by atoms with E-state index in [4.69, 9.17) is 19.5 Å². The predicted octanol–water partition coefficient (Wildman–Crippen LogP) is 5.45. The highest BCUT2D eigenvalue weighted by Crippen LogP contribution is 2.13. The minimum absolute atomic E-state index is 0.201. The van der Waals surface area contributed by atoms with Gasteiger partial charge in [0.25, 0.3) is 0 Å². The average molecular weight is 495 g/mol. The van der Waals surface area contributed by atoms with Gasteiger partial charge in [0, 0.05) is 24.0 Å². The summed E-state index contributed by atoms with van der Waals surface area (Å²) in [6.45, 7) is 5.01. The van der Waals surface area contributed by atoms with Gasteiger partial charge >= 0.3 is 8.25 Å². The van der Waals surface area contributed by atoms with E-state index in [1.807, 2.05) is 0 Å². The topological polar surface area (TPSA) is 107 Å². The van der Waals surface area contributed by atoms with E-state index in [-0.39, 0.29) is 12.5 Å². The van der Waals surface area contributed by atoms with Crippen LogP contribution in [0.1, 0.15) is 116 Å². The maximum atomic E-state index is 11.9. The summed E-state index contributed by atoms with van der Waals surface area (Å²) < 4.78 is 9.51. The smallest absolute Gasteiger partial charge is 0.391 e. The lowest BCUT2D eigenvalue weighted by atomic mass is 10.0. The number of carbonyl (C=O) groups is 1. The SMILES string of the molecule is CCCCCCCCCCCCCCCCCC(=O)NCCC[N+](C)(C)CCO.O=[P+](O)O. The van der Waals surface area contributed by atoms with Crippen LogP contribution in [0.25, 0.3) is 0 Å². The largest absolute Gasteiger partial charge is 0.692 e. The second-order valence-corrected chi connectivity index (χ2v) is 10.3. The van der Waals surface area contributed by atoms with Gasteiger partial charge < -0.3 is 14.9 Å². The first kappa shape index (κ1) is 34.6. The summed E-state index contributed by atoms with van der Waals surface area (Å²) in [5.41, 5.74) is 0. The summed E-state index contributed by atoms with van der Waals surface area (Å²) in [6.07, 6.45) is 22.0. The zero-order valence-corrected chi connectivity index (χ0v) is 22.8. The molecule has 0 atom stereocenters. The van der Waals surface area contributed by atoms with Crippen LogP contribution in [0.15, 0.2) is 0 Å². The minimum Gasteiger partial charge on any atom is -0.391 e. The number of hydrogen-bond acceptors (Lipinski definition) is 3. The molecule has 1 amide bonds. The Morgan fingerprint density at radius 1 is 0.727 bits per heavy atom. The third kappa shape index (κ3) is 33.7. The van der Waals surface area contributed by atoms with E-state index in [1.165, 1.54) is 89.9 Å². The molecule has 33 heavy (non-hydrogen) atoms. The summed E-state index contributed by atoms with van der Waals surface area (Å²) in [5.74, 6) is 0.201. The molecule has 4 N–H and O–H groups in total. The maximum absolute atomic E-state index is 11.9. The Bertz CT molecular complexity index is 447. The van der Waals surface area contributed by atoms with Gasteiger partial charge in [-0.2, -0.15) is 0 Å². The molecule has 0 radical (unpaired) electrons. The number of carbonyl (C=O) groups excluding carboxylic acids is 1. The molecule has 0 fully saturated rings. The molecule has 7 nitrogen and oxygen atoms in total. The molecular weight excluding hydrogens is 439 g/mol. The van der Waals surface area contributed by atoms with Gasteiger partial charge in [-0.25, -0.2) is 0 Å². The lowest BCUT2D eigenvalue weighted by Crippen LogP contribution is -2.43. The summed E-state index contributed by atoms with van der Waals surface area (Å²) in [6, 6.07) is 0. The van der Waals surface area contributed by atoms with Crippen molar-refractivity contribution in [2.75, 3.05) is 40.3 Å². The van der Waals surface area contributed by atoms with Crippen LogP contribution >= 0.6 is 8.25 Å². The number of nitrogens with one attached hydrogen (secondary N) is 1. The van der Waals surface area contributed by atoms with E-state index in [1.54, 1.807) is 0 Å². The molecule has 0 saturated carbocycles. The number of nitrogens with zero attached hydrogens (tertiary/aromatic N) is 1. The first-order chi connectivity index (χ1) is 15.7. The Morgan fingerprint density at radius 2 is 1.12 bits per heavy atom. The van der Waals surface area contributed by atoms with Crippen molar-refractivity contribution in [3.8, 4) is 0 Å². The second-order valence-electron chi connectivity index (χ2n) is 9.76. The Labute approximate surface area is 204 Å². The fraction of sp³-hybridized carbons (Fsp3) is 0.960. The molecule has 0 heterocycles. The van der Waals surface area contributed by atoms with Crippen LogP contribution < -0.4 is 5.32 Å². The van der Waals surface area contributed by atoms with E-state index < -0.39 is 8.25 Å². The monoisotopic (exact) mass is 494 g/mol. The van der Waals surface area contributed by atoms with Crippen molar-refractivity contribution in [1.29, 1.82) is 0 Å². The molecule has 0 aromatic carbocycles. The Morgan fingerprint density at radius 3 is 1.52 bits per heavy atom. The molecule has 0 aromatic rings. The quantitative estimate of drug-likeness (QED) is 0.0909. The Hall–Kier alpha value is -0.590. The van der Waals surface area contributed by atoms with Crippen molar-refractivity contribution in [3.63, 3.8) is 0 Å². The molecule has 0 rings (SSSR count). The molecule has 0 unspecified atom stereocenters. The van der Waals surface area contributed by atoms with Gasteiger partial charge in [-0.1, -0.05) is 96.8 Å². The molecule has 0 bridgehead atoms. The highest BCUT2D eigenvalue weighted by molar-refractivity contribution is 7.30. The number of likely N-dealkylation sites (N-methyl/N-ethyl adjacent to an activating group) is 1. The molecule has 0 saturated heterocycles. The molecule has 8 heteroatoms. The summed E-state index contributed by atoms with van der Waals surface area (Å²) in [4.78, 5) is 26.1. The minimum atomic E-state index is -2.87. The van der Waals surface area contributed by atoms with Gasteiger partial charge in [0.15, 0.2) is 0 Å². The molecular formula is C25H55N2O5P+2. The van der Waals surface area contributed by atoms with Gasteiger partial charge in [-0.05, 0) is 6.42 Å². The standard InChI is InChI=1S/C25H52N2O2.HO3P/c1-4-5-6-7-8-9-10-11-12-13-14-15-16-17-18-20-25(29)26-21-19-22-27(2,3)23-24-28;1-4(2)3/h28H,4-24H2,1-3H3;(H-,1,2,3)/p+2. The van der Waals surface area contributed by atoms with E-state index in [2.05, 4.69) is 26.3 Å². The molecule has 0 aliphatic carbocycles. The van der Waals surface area contributed by atoms with Crippen LogP contribution in [-0.4, -0.2) is 65.6 Å². The summed E-state index contributed by atoms with van der Waals surface area (Å²) >= 11 is 0. The van der Waals surface area contributed by atoms with Gasteiger partial charge in [0.1, 0.15) is 6.54 Å². The third-order valence-corrected chi connectivity index (χ3v) is 5.98. The molecule has 0 spiro atoms. The van der Waals surface area contributed by atoms with Crippen LogP contribution in [0, 0.1) is 0 Å². The van der Waals surface area contributed by atoms with Crippen LogP contribution in [0.2, 0.25) is 0 Å². The number of amides is 1. The second kappa shape index (κ2) is 26.0. The third-order valence-electron chi connectivity index (χ3n) is 5.98. The molecule has 0 aliphatic heterocycles. The summed E-state index contributed by atoms with van der Waals surface area (Å²) in [7, 11) is 1.37. The predicted molar refractivity (Wildman–Crippen MR) is 138 cm³/mol. The highest BCUT2D eigenvalue weighted by Gasteiger charge is 2.13.